The molecule has 0 unspecified atom stereocenters. The van der Waals surface area contributed by atoms with Crippen LogP contribution in [0.15, 0.2) is 70.3 Å². The van der Waals surface area contributed by atoms with E-state index < -0.39 is 17.2 Å². The van der Waals surface area contributed by atoms with Crippen molar-refractivity contribution >= 4 is 28.4 Å². The van der Waals surface area contributed by atoms with Crippen molar-refractivity contribution in [2.24, 2.45) is 0 Å². The highest BCUT2D eigenvalue weighted by Crippen LogP contribution is 2.30. The van der Waals surface area contributed by atoms with Crippen LogP contribution in [0.1, 0.15) is 21.5 Å². The van der Waals surface area contributed by atoms with Gasteiger partial charge in [-0.3, -0.25) is 23.5 Å². The number of benzene rings is 3. The fourth-order valence-electron chi connectivity index (χ4n) is 4.17. The summed E-state index contributed by atoms with van der Waals surface area (Å²) in [5.41, 5.74) is 1.61. The maximum Gasteiger partial charge on any atom is 0.332 e. The minimum absolute atomic E-state index is 0.0601. The second kappa shape index (κ2) is 11.0. The quantitative estimate of drug-likeness (QED) is 0.371. The van der Waals surface area contributed by atoms with Gasteiger partial charge < -0.3 is 20.1 Å². The number of carbonyl (C=O) groups is 2. The molecule has 4 aromatic rings. The number of para-hydroxylation sites is 1. The zero-order valence-electron chi connectivity index (χ0n) is 21.5. The number of hydrogen-bond acceptors (Lipinski definition) is 6. The third-order valence-electron chi connectivity index (χ3n) is 6.23. The van der Waals surface area contributed by atoms with Gasteiger partial charge in [0.2, 0.25) is 5.91 Å². The van der Waals surface area contributed by atoms with Crippen molar-refractivity contribution in [2.45, 2.75) is 20.0 Å². The van der Waals surface area contributed by atoms with Crippen molar-refractivity contribution in [3.05, 3.63) is 98.2 Å². The smallest absolute Gasteiger partial charge is 0.332 e. The van der Waals surface area contributed by atoms with Crippen LogP contribution in [0.5, 0.6) is 11.5 Å². The first-order valence-electron chi connectivity index (χ1n) is 11.8. The molecule has 4 rings (SSSR count). The zero-order chi connectivity index (χ0) is 27.4. The molecule has 3 aromatic carbocycles. The van der Waals surface area contributed by atoms with E-state index in [-0.39, 0.29) is 29.9 Å². The van der Waals surface area contributed by atoms with Gasteiger partial charge in [-0.1, -0.05) is 30.3 Å². The Morgan fingerprint density at radius 2 is 1.55 bits per heavy atom. The summed E-state index contributed by atoms with van der Waals surface area (Å²) in [4.78, 5) is 52.1. The van der Waals surface area contributed by atoms with Crippen molar-refractivity contribution in [3.63, 3.8) is 0 Å². The number of carbonyl (C=O) groups excluding carboxylic acids is 2. The fraction of sp³-hybridized carbons (Fsp3) is 0.214. The average molecular weight is 517 g/mol. The standard InChI is InChI=1S/C28H28N4O6/c1-17-7-5-6-8-21(17)30-25(33)16-31-22-14-24(38-4)23(37-3)13-20(22)27(35)32(28(31)36)15-18-9-11-19(12-10-18)26(34)29-2/h5-14H,15-16H2,1-4H3,(H,29,34)(H,30,33). The van der Waals surface area contributed by atoms with Crippen LogP contribution in [0.4, 0.5) is 5.69 Å². The van der Waals surface area contributed by atoms with Gasteiger partial charge in [0.25, 0.3) is 11.5 Å². The van der Waals surface area contributed by atoms with E-state index in [1.807, 2.05) is 19.1 Å². The number of nitrogens with one attached hydrogen (secondary N) is 2. The Bertz CT molecular complexity index is 1640. The highest BCUT2D eigenvalue weighted by atomic mass is 16.5. The number of hydrogen-bond donors (Lipinski definition) is 2. The molecule has 0 fully saturated rings. The van der Waals surface area contributed by atoms with E-state index >= 15 is 0 Å². The number of anilines is 1. The van der Waals surface area contributed by atoms with E-state index in [9.17, 15) is 19.2 Å². The number of methoxy groups -OCH3 is 2. The first kappa shape index (κ1) is 26.2. The fourth-order valence-corrected chi connectivity index (χ4v) is 4.17. The number of ether oxygens (including phenoxy) is 2. The van der Waals surface area contributed by atoms with Crippen LogP contribution in [-0.4, -0.2) is 42.2 Å². The van der Waals surface area contributed by atoms with Crippen molar-refractivity contribution < 1.29 is 19.1 Å². The summed E-state index contributed by atoms with van der Waals surface area (Å²) in [6.07, 6.45) is 0. The molecule has 0 atom stereocenters. The van der Waals surface area contributed by atoms with Gasteiger partial charge >= 0.3 is 5.69 Å². The Kier molecular flexibility index (Phi) is 7.61. The Morgan fingerprint density at radius 1 is 0.895 bits per heavy atom. The molecule has 38 heavy (non-hydrogen) atoms. The van der Waals surface area contributed by atoms with Crippen LogP contribution in [0.3, 0.4) is 0 Å². The predicted octanol–water partition coefficient (Wildman–Crippen LogP) is 2.54. The lowest BCUT2D eigenvalue weighted by molar-refractivity contribution is -0.116. The summed E-state index contributed by atoms with van der Waals surface area (Å²) >= 11 is 0. The Labute approximate surface area is 218 Å². The Morgan fingerprint density at radius 3 is 2.18 bits per heavy atom. The Hall–Kier alpha value is -4.86. The monoisotopic (exact) mass is 516 g/mol. The molecule has 0 aliphatic heterocycles. The molecule has 10 nitrogen and oxygen atoms in total. The second-order valence-electron chi connectivity index (χ2n) is 8.62. The van der Waals surface area contributed by atoms with E-state index in [1.165, 1.54) is 38.0 Å². The molecule has 2 N–H and O–H groups in total. The van der Waals surface area contributed by atoms with Gasteiger partial charge in [-0.2, -0.15) is 0 Å². The molecular weight excluding hydrogens is 488 g/mol. The minimum atomic E-state index is -0.662. The number of rotatable bonds is 8. The Balaban J connectivity index is 1.83. The van der Waals surface area contributed by atoms with E-state index in [2.05, 4.69) is 10.6 Å². The average Bonchev–Trinajstić information content (AvgIpc) is 2.93. The van der Waals surface area contributed by atoms with Crippen LogP contribution < -0.4 is 31.4 Å². The molecular formula is C28H28N4O6. The van der Waals surface area contributed by atoms with E-state index in [4.69, 9.17) is 9.47 Å². The molecule has 0 saturated carbocycles. The molecule has 0 spiro atoms. The lowest BCUT2D eigenvalue weighted by Crippen LogP contribution is -2.42. The third kappa shape index (κ3) is 5.15. The normalized spacial score (nSPS) is 10.7. The summed E-state index contributed by atoms with van der Waals surface area (Å²) in [5.74, 6) is -0.0531. The molecule has 0 bridgehead atoms. The number of amides is 2. The first-order chi connectivity index (χ1) is 18.3. The highest BCUT2D eigenvalue weighted by molar-refractivity contribution is 5.94. The van der Waals surface area contributed by atoms with Gasteiger partial charge in [-0.15, -0.1) is 0 Å². The van der Waals surface area contributed by atoms with Gasteiger partial charge in [0.05, 0.1) is 31.7 Å². The van der Waals surface area contributed by atoms with Gasteiger partial charge in [0.1, 0.15) is 6.54 Å². The number of aryl methyl sites for hydroxylation is 1. The number of aromatic nitrogens is 2. The minimum Gasteiger partial charge on any atom is -0.493 e. The third-order valence-corrected chi connectivity index (χ3v) is 6.23. The topological polar surface area (TPSA) is 121 Å². The zero-order valence-corrected chi connectivity index (χ0v) is 21.5. The summed E-state index contributed by atoms with van der Waals surface area (Å²) in [6.45, 7) is 1.47. The van der Waals surface area contributed by atoms with Gasteiger partial charge in [0.15, 0.2) is 11.5 Å². The summed E-state index contributed by atoms with van der Waals surface area (Å²) in [6, 6.07) is 16.9. The summed E-state index contributed by atoms with van der Waals surface area (Å²) < 4.78 is 13.0. The molecule has 0 saturated heterocycles. The highest BCUT2D eigenvalue weighted by Gasteiger charge is 2.19. The second-order valence-corrected chi connectivity index (χ2v) is 8.62. The van der Waals surface area contributed by atoms with Crippen LogP contribution in [-0.2, 0) is 17.9 Å². The van der Waals surface area contributed by atoms with Crippen LogP contribution in [0.2, 0.25) is 0 Å². The lowest BCUT2D eigenvalue weighted by atomic mass is 10.1. The maximum absolute atomic E-state index is 13.6. The van der Waals surface area contributed by atoms with Gasteiger partial charge in [0, 0.05) is 24.4 Å². The molecule has 0 aliphatic carbocycles. The molecule has 196 valence electrons. The summed E-state index contributed by atoms with van der Waals surface area (Å²) in [7, 11) is 4.43. The van der Waals surface area contributed by atoms with Gasteiger partial charge in [-0.05, 0) is 42.3 Å². The molecule has 10 heteroatoms. The molecule has 2 amide bonds. The molecule has 1 aromatic heterocycles. The lowest BCUT2D eigenvalue weighted by Gasteiger charge is -2.17. The predicted molar refractivity (Wildman–Crippen MR) is 144 cm³/mol. The number of nitrogens with zero attached hydrogens (tertiary/aromatic N) is 2. The van der Waals surface area contributed by atoms with Crippen molar-refractivity contribution in [2.75, 3.05) is 26.6 Å². The van der Waals surface area contributed by atoms with Crippen molar-refractivity contribution in [1.29, 1.82) is 0 Å². The van der Waals surface area contributed by atoms with Gasteiger partial charge in [-0.25, -0.2) is 4.79 Å². The molecule has 0 aliphatic rings. The summed E-state index contributed by atoms with van der Waals surface area (Å²) in [5, 5.41) is 5.56. The van der Waals surface area contributed by atoms with E-state index in [0.29, 0.717) is 28.3 Å². The number of fused-ring (bicyclic) bond motifs is 1. The molecule has 0 radical (unpaired) electrons. The first-order valence-corrected chi connectivity index (χ1v) is 11.8. The van der Waals surface area contributed by atoms with Crippen molar-refractivity contribution in [1.82, 2.24) is 14.5 Å². The molecule has 1 heterocycles. The van der Waals surface area contributed by atoms with E-state index in [0.717, 1.165) is 10.1 Å². The van der Waals surface area contributed by atoms with Crippen molar-refractivity contribution in [3.8, 4) is 11.5 Å². The van der Waals surface area contributed by atoms with E-state index in [1.54, 1.807) is 36.4 Å². The van der Waals surface area contributed by atoms with Crippen LogP contribution in [0, 0.1) is 6.92 Å². The largest absolute Gasteiger partial charge is 0.493 e. The van der Waals surface area contributed by atoms with Crippen LogP contribution in [0.25, 0.3) is 10.9 Å². The SMILES string of the molecule is CNC(=O)c1ccc(Cn2c(=O)c3cc(OC)c(OC)cc3n(CC(=O)Nc3ccccc3C)c2=O)cc1. The maximum atomic E-state index is 13.6. The van der Waals surface area contributed by atoms with Crippen LogP contribution >= 0.6 is 0 Å².